The van der Waals surface area contributed by atoms with Crippen molar-refractivity contribution in [3.63, 3.8) is 0 Å². The third kappa shape index (κ3) is 2.86. The second-order valence-corrected chi connectivity index (χ2v) is 8.15. The zero-order chi connectivity index (χ0) is 14.1. The highest BCUT2D eigenvalue weighted by Gasteiger charge is 2.67. The minimum Gasteiger partial charge on any atom is -0.313 e. The van der Waals surface area contributed by atoms with Crippen LogP contribution in [0.4, 0.5) is 0 Å². The molecule has 0 heterocycles. The fourth-order valence-electron chi connectivity index (χ4n) is 4.68. The van der Waals surface area contributed by atoms with Crippen molar-refractivity contribution >= 4 is 0 Å². The Morgan fingerprint density at radius 3 is 1.89 bits per heavy atom. The van der Waals surface area contributed by atoms with Crippen LogP contribution in [0.2, 0.25) is 0 Å². The van der Waals surface area contributed by atoms with Gasteiger partial charge < -0.3 is 5.32 Å². The van der Waals surface area contributed by atoms with E-state index in [1.165, 1.54) is 51.5 Å². The minimum atomic E-state index is 0.519. The smallest absolute Gasteiger partial charge is 0.0134 e. The summed E-state index contributed by atoms with van der Waals surface area (Å²) >= 11 is 0. The molecular weight excluding hydrogens is 230 g/mol. The Bertz CT molecular complexity index is 270. The highest BCUT2D eigenvalue weighted by atomic mass is 15.0. The first-order chi connectivity index (χ1) is 8.93. The molecule has 0 aromatic heterocycles. The van der Waals surface area contributed by atoms with Gasteiger partial charge in [0.2, 0.25) is 0 Å². The highest BCUT2D eigenvalue weighted by molar-refractivity contribution is 5.17. The van der Waals surface area contributed by atoms with Gasteiger partial charge in [-0.15, -0.1) is 0 Å². The van der Waals surface area contributed by atoms with Gasteiger partial charge >= 0.3 is 0 Å². The maximum absolute atomic E-state index is 3.94. The Labute approximate surface area is 120 Å². The maximum Gasteiger partial charge on any atom is 0.0134 e. The molecule has 0 bridgehead atoms. The van der Waals surface area contributed by atoms with Gasteiger partial charge in [-0.3, -0.25) is 0 Å². The molecule has 2 rings (SSSR count). The molecule has 2 aliphatic rings. The van der Waals surface area contributed by atoms with Crippen LogP contribution in [-0.2, 0) is 0 Å². The van der Waals surface area contributed by atoms with Crippen LogP contribution in [0.25, 0.3) is 0 Å². The van der Waals surface area contributed by atoms with Crippen LogP contribution in [0.15, 0.2) is 0 Å². The molecule has 2 aliphatic carbocycles. The van der Waals surface area contributed by atoms with Gasteiger partial charge in [0.05, 0.1) is 0 Å². The van der Waals surface area contributed by atoms with E-state index in [0.717, 1.165) is 17.9 Å². The van der Waals surface area contributed by atoms with Crippen molar-refractivity contribution in [2.75, 3.05) is 6.54 Å². The number of nitrogens with one attached hydrogen (secondary N) is 1. The van der Waals surface area contributed by atoms with Crippen molar-refractivity contribution in [2.45, 2.75) is 85.6 Å². The van der Waals surface area contributed by atoms with Crippen LogP contribution in [0.5, 0.6) is 0 Å². The monoisotopic (exact) mass is 265 g/mol. The largest absolute Gasteiger partial charge is 0.313 e. The molecule has 1 unspecified atom stereocenters. The van der Waals surface area contributed by atoms with Gasteiger partial charge in [-0.05, 0) is 48.5 Å². The lowest BCUT2D eigenvalue weighted by molar-refractivity contribution is 0.261. The van der Waals surface area contributed by atoms with Crippen molar-refractivity contribution < 1.29 is 0 Å². The first kappa shape index (κ1) is 15.4. The highest BCUT2D eigenvalue weighted by Crippen LogP contribution is 2.70. The van der Waals surface area contributed by atoms with E-state index in [2.05, 4.69) is 39.9 Å². The first-order valence-corrected chi connectivity index (χ1v) is 8.66. The summed E-state index contributed by atoms with van der Waals surface area (Å²) in [4.78, 5) is 0. The Balaban J connectivity index is 2.07. The fourth-order valence-corrected chi connectivity index (χ4v) is 4.68. The van der Waals surface area contributed by atoms with E-state index in [-0.39, 0.29) is 0 Å². The fraction of sp³-hybridized carbons (Fsp3) is 1.00. The molecule has 0 amide bonds. The lowest BCUT2D eigenvalue weighted by Gasteiger charge is -2.29. The molecule has 112 valence electrons. The zero-order valence-corrected chi connectivity index (χ0v) is 13.9. The molecule has 0 aromatic carbocycles. The Morgan fingerprint density at radius 1 is 0.947 bits per heavy atom. The summed E-state index contributed by atoms with van der Waals surface area (Å²) in [5.74, 6) is 1.80. The van der Waals surface area contributed by atoms with Crippen molar-refractivity contribution in [1.29, 1.82) is 0 Å². The number of hydrogen-bond acceptors (Lipinski definition) is 1. The first-order valence-electron chi connectivity index (χ1n) is 8.66. The van der Waals surface area contributed by atoms with Crippen molar-refractivity contribution in [1.82, 2.24) is 5.32 Å². The summed E-state index contributed by atoms with van der Waals surface area (Å²) in [5.41, 5.74) is 1.04. The van der Waals surface area contributed by atoms with Crippen molar-refractivity contribution in [3.05, 3.63) is 0 Å². The van der Waals surface area contributed by atoms with E-state index >= 15 is 0 Å². The van der Waals surface area contributed by atoms with Gasteiger partial charge in [-0.25, -0.2) is 0 Å². The third-order valence-electron chi connectivity index (χ3n) is 6.53. The average molecular weight is 265 g/mol. The molecule has 0 aromatic rings. The summed E-state index contributed by atoms with van der Waals surface area (Å²) < 4.78 is 0. The van der Waals surface area contributed by atoms with Crippen LogP contribution in [0.1, 0.15) is 79.6 Å². The van der Waals surface area contributed by atoms with E-state index in [1.807, 2.05) is 0 Å². The van der Waals surface area contributed by atoms with E-state index in [1.54, 1.807) is 0 Å². The Kier molecular flexibility index (Phi) is 4.65. The molecule has 1 N–H and O–H groups in total. The molecule has 0 spiro atoms. The molecule has 1 atom stereocenters. The molecule has 0 radical (unpaired) electrons. The lowest BCUT2D eigenvalue weighted by Crippen LogP contribution is -2.40. The van der Waals surface area contributed by atoms with Crippen LogP contribution >= 0.6 is 0 Å². The molecule has 1 heteroatoms. The van der Waals surface area contributed by atoms with Crippen LogP contribution in [0, 0.1) is 22.7 Å². The molecule has 2 saturated carbocycles. The molecule has 0 aliphatic heterocycles. The van der Waals surface area contributed by atoms with Gasteiger partial charge in [-0.2, -0.15) is 0 Å². The van der Waals surface area contributed by atoms with Gasteiger partial charge in [0.25, 0.3) is 0 Å². The van der Waals surface area contributed by atoms with E-state index in [4.69, 9.17) is 0 Å². The van der Waals surface area contributed by atoms with Crippen LogP contribution in [-0.4, -0.2) is 12.6 Å². The zero-order valence-electron chi connectivity index (χ0n) is 13.9. The minimum absolute atomic E-state index is 0.519. The average Bonchev–Trinajstić information content (AvgIpc) is 2.89. The van der Waals surface area contributed by atoms with Crippen molar-refractivity contribution in [3.8, 4) is 0 Å². The summed E-state index contributed by atoms with van der Waals surface area (Å²) in [5, 5.41) is 3.94. The van der Waals surface area contributed by atoms with Crippen molar-refractivity contribution in [2.24, 2.45) is 22.7 Å². The van der Waals surface area contributed by atoms with Crippen LogP contribution < -0.4 is 5.32 Å². The second kappa shape index (κ2) is 5.76. The summed E-state index contributed by atoms with van der Waals surface area (Å²) in [7, 11) is 0. The second-order valence-electron chi connectivity index (χ2n) is 8.15. The van der Waals surface area contributed by atoms with Gasteiger partial charge in [0.15, 0.2) is 0 Å². The molecule has 2 fully saturated rings. The maximum atomic E-state index is 3.94. The molecular formula is C18H35N. The SMILES string of the molecule is CCCNC(C1CCCCCC1)C1C(C)(C)C1(C)C. The third-order valence-corrected chi connectivity index (χ3v) is 6.53. The number of hydrogen-bond donors (Lipinski definition) is 1. The van der Waals surface area contributed by atoms with Gasteiger partial charge in [0.1, 0.15) is 0 Å². The van der Waals surface area contributed by atoms with E-state index in [0.29, 0.717) is 10.8 Å². The topological polar surface area (TPSA) is 12.0 Å². The van der Waals surface area contributed by atoms with Gasteiger partial charge in [-0.1, -0.05) is 60.3 Å². The lowest BCUT2D eigenvalue weighted by atomic mass is 9.85. The normalized spacial score (nSPS) is 28.9. The predicted molar refractivity (Wildman–Crippen MR) is 84.3 cm³/mol. The molecule has 0 saturated heterocycles. The quantitative estimate of drug-likeness (QED) is 0.689. The molecule has 19 heavy (non-hydrogen) atoms. The summed E-state index contributed by atoms with van der Waals surface area (Å²) in [6.07, 6.45) is 10.0. The van der Waals surface area contributed by atoms with Crippen LogP contribution in [0.3, 0.4) is 0 Å². The van der Waals surface area contributed by atoms with Gasteiger partial charge in [0, 0.05) is 6.04 Å². The van der Waals surface area contributed by atoms with E-state index in [9.17, 15) is 0 Å². The van der Waals surface area contributed by atoms with E-state index < -0.39 is 0 Å². The Hall–Kier alpha value is -0.0400. The number of rotatable bonds is 5. The summed E-state index contributed by atoms with van der Waals surface area (Å²) in [6, 6.07) is 0.767. The predicted octanol–water partition coefficient (Wildman–Crippen LogP) is 5.01. The standard InChI is InChI=1S/C18H35N/c1-6-13-19-15(14-11-9-7-8-10-12-14)16-17(2,3)18(16,4)5/h14-16,19H,6-13H2,1-5H3. The molecule has 1 nitrogen and oxygen atoms in total. The summed E-state index contributed by atoms with van der Waals surface area (Å²) in [6.45, 7) is 13.4. The Morgan fingerprint density at radius 2 is 1.47 bits per heavy atom.